The molecule has 1 nitrogen and oxygen atoms in total. The first-order valence-electron chi connectivity index (χ1n) is 6.78. The van der Waals surface area contributed by atoms with Gasteiger partial charge in [-0.3, -0.25) is 0 Å². The average molecular weight is 229 g/mol. The Balaban J connectivity index is 3.60. The molecule has 0 amide bonds. The zero-order valence-corrected chi connectivity index (χ0v) is 11.1. The molecule has 0 aromatic rings. The summed E-state index contributed by atoms with van der Waals surface area (Å²) in [6, 6.07) is 0.592. The molecule has 0 aromatic carbocycles. The summed E-state index contributed by atoms with van der Waals surface area (Å²) in [6.07, 6.45) is 9.31. The maximum Gasteiger partial charge on any atom is 0.118 e. The molecule has 0 aliphatic carbocycles. The van der Waals surface area contributed by atoms with E-state index in [0.29, 0.717) is 12.5 Å². The maximum absolute atomic E-state index is 13.1. The summed E-state index contributed by atoms with van der Waals surface area (Å²) in [5.41, 5.74) is 0. The van der Waals surface area contributed by atoms with Gasteiger partial charge in [0.1, 0.15) is 6.17 Å². The van der Waals surface area contributed by atoms with E-state index in [0.717, 1.165) is 19.4 Å². The van der Waals surface area contributed by atoms with E-state index >= 15 is 0 Å². The first-order chi connectivity index (χ1) is 7.74. The van der Waals surface area contributed by atoms with Crippen LogP contribution in [0, 0.1) is 0 Å². The summed E-state index contributed by atoms with van der Waals surface area (Å²) < 4.78 is 13.1. The topological polar surface area (TPSA) is 12.0 Å². The van der Waals surface area contributed by atoms with E-state index in [2.05, 4.69) is 19.2 Å². The molecule has 0 aliphatic rings. The molecule has 0 bridgehead atoms. The number of halogens is 1. The molecule has 0 radical (unpaired) electrons. The van der Waals surface area contributed by atoms with Gasteiger partial charge in [-0.1, -0.05) is 52.2 Å². The summed E-state index contributed by atoms with van der Waals surface area (Å²) in [6.45, 7) is 7.22. The van der Waals surface area contributed by atoms with Gasteiger partial charge in [-0.15, -0.1) is 0 Å². The SMILES string of the molecule is CCCCC(CC)NCC=CC(F)CCC. The minimum Gasteiger partial charge on any atom is -0.311 e. The van der Waals surface area contributed by atoms with E-state index in [1.165, 1.54) is 19.3 Å². The number of alkyl halides is 1. The molecule has 2 heteroatoms. The zero-order valence-electron chi connectivity index (χ0n) is 11.1. The van der Waals surface area contributed by atoms with Crippen LogP contribution in [0.1, 0.15) is 59.3 Å². The molecule has 16 heavy (non-hydrogen) atoms. The van der Waals surface area contributed by atoms with Gasteiger partial charge in [0.2, 0.25) is 0 Å². The number of unbranched alkanes of at least 4 members (excludes halogenated alkanes) is 1. The molecular formula is C14H28FN. The molecule has 0 spiro atoms. The van der Waals surface area contributed by atoms with Gasteiger partial charge < -0.3 is 5.32 Å². The fourth-order valence-electron chi connectivity index (χ4n) is 1.72. The molecule has 0 rings (SSSR count). The number of hydrogen-bond donors (Lipinski definition) is 1. The molecule has 0 heterocycles. The van der Waals surface area contributed by atoms with Gasteiger partial charge in [-0.05, 0) is 19.3 Å². The number of allylic oxidation sites excluding steroid dienone is 1. The Kier molecular flexibility index (Phi) is 10.9. The van der Waals surface area contributed by atoms with Crippen molar-refractivity contribution in [1.29, 1.82) is 0 Å². The lowest BCUT2D eigenvalue weighted by Gasteiger charge is -2.15. The Morgan fingerprint density at radius 3 is 2.44 bits per heavy atom. The number of rotatable bonds is 10. The molecule has 0 saturated carbocycles. The third kappa shape index (κ3) is 8.90. The maximum atomic E-state index is 13.1. The molecule has 0 aliphatic heterocycles. The third-order valence-electron chi connectivity index (χ3n) is 2.83. The molecule has 0 saturated heterocycles. The second-order valence-corrected chi connectivity index (χ2v) is 4.39. The normalized spacial score (nSPS) is 15.5. The number of nitrogens with one attached hydrogen (secondary N) is 1. The Morgan fingerprint density at radius 2 is 1.88 bits per heavy atom. The quantitative estimate of drug-likeness (QED) is 0.552. The van der Waals surface area contributed by atoms with Crippen molar-refractivity contribution >= 4 is 0 Å². The first-order valence-corrected chi connectivity index (χ1v) is 6.78. The van der Waals surface area contributed by atoms with Gasteiger partial charge >= 0.3 is 0 Å². The summed E-state index contributed by atoms with van der Waals surface area (Å²) in [5, 5.41) is 3.45. The Bertz CT molecular complexity index is 168. The Hall–Kier alpha value is -0.370. The molecule has 2 unspecified atom stereocenters. The van der Waals surface area contributed by atoms with Crippen molar-refractivity contribution in [3.63, 3.8) is 0 Å². The molecule has 1 N–H and O–H groups in total. The Morgan fingerprint density at radius 1 is 1.12 bits per heavy atom. The second-order valence-electron chi connectivity index (χ2n) is 4.39. The lowest BCUT2D eigenvalue weighted by molar-refractivity contribution is 0.374. The van der Waals surface area contributed by atoms with E-state index in [-0.39, 0.29) is 0 Å². The van der Waals surface area contributed by atoms with E-state index in [1.54, 1.807) is 6.08 Å². The highest BCUT2D eigenvalue weighted by atomic mass is 19.1. The van der Waals surface area contributed by atoms with Crippen LogP contribution < -0.4 is 5.32 Å². The van der Waals surface area contributed by atoms with Crippen molar-refractivity contribution in [3.8, 4) is 0 Å². The second kappa shape index (κ2) is 11.1. The van der Waals surface area contributed by atoms with E-state index < -0.39 is 6.17 Å². The standard InChI is InChI=1S/C14H28FN/c1-4-7-11-14(6-3)16-12-8-10-13(15)9-5-2/h8,10,13-14,16H,4-7,9,11-12H2,1-3H3. The van der Waals surface area contributed by atoms with Crippen molar-refractivity contribution in [2.75, 3.05) is 6.54 Å². The minimum absolute atomic E-state index is 0.592. The summed E-state index contributed by atoms with van der Waals surface area (Å²) in [4.78, 5) is 0. The van der Waals surface area contributed by atoms with E-state index in [4.69, 9.17) is 0 Å². The van der Waals surface area contributed by atoms with Gasteiger partial charge in [0, 0.05) is 12.6 Å². The molecule has 96 valence electrons. The van der Waals surface area contributed by atoms with Gasteiger partial charge in [-0.25, -0.2) is 4.39 Å². The summed E-state index contributed by atoms with van der Waals surface area (Å²) in [5.74, 6) is 0. The van der Waals surface area contributed by atoms with Crippen LogP contribution in [0.25, 0.3) is 0 Å². The monoisotopic (exact) mass is 229 g/mol. The van der Waals surface area contributed by atoms with Crippen LogP contribution in [0.15, 0.2) is 12.2 Å². The summed E-state index contributed by atoms with van der Waals surface area (Å²) >= 11 is 0. The Labute approximate surface area is 101 Å². The fourth-order valence-corrected chi connectivity index (χ4v) is 1.72. The van der Waals surface area contributed by atoms with Gasteiger partial charge in [0.25, 0.3) is 0 Å². The third-order valence-corrected chi connectivity index (χ3v) is 2.83. The van der Waals surface area contributed by atoms with Gasteiger partial charge in [0.15, 0.2) is 0 Å². The molecule has 0 aromatic heterocycles. The van der Waals surface area contributed by atoms with Gasteiger partial charge in [-0.2, -0.15) is 0 Å². The van der Waals surface area contributed by atoms with Crippen LogP contribution in [0.3, 0.4) is 0 Å². The van der Waals surface area contributed by atoms with Crippen molar-refractivity contribution in [3.05, 3.63) is 12.2 Å². The molecular weight excluding hydrogens is 201 g/mol. The van der Waals surface area contributed by atoms with Gasteiger partial charge in [0.05, 0.1) is 0 Å². The molecule has 2 atom stereocenters. The number of hydrogen-bond acceptors (Lipinski definition) is 1. The van der Waals surface area contributed by atoms with Crippen molar-refractivity contribution in [2.24, 2.45) is 0 Å². The van der Waals surface area contributed by atoms with E-state index in [1.807, 2.05) is 13.0 Å². The average Bonchev–Trinajstić information content (AvgIpc) is 2.28. The van der Waals surface area contributed by atoms with E-state index in [9.17, 15) is 4.39 Å². The highest BCUT2D eigenvalue weighted by Gasteiger charge is 2.03. The van der Waals surface area contributed by atoms with Crippen LogP contribution in [0.2, 0.25) is 0 Å². The summed E-state index contributed by atoms with van der Waals surface area (Å²) in [7, 11) is 0. The minimum atomic E-state index is -0.762. The van der Waals surface area contributed by atoms with Crippen LogP contribution in [-0.4, -0.2) is 18.8 Å². The van der Waals surface area contributed by atoms with Crippen LogP contribution >= 0.6 is 0 Å². The predicted molar refractivity (Wildman–Crippen MR) is 70.6 cm³/mol. The van der Waals surface area contributed by atoms with Crippen molar-refractivity contribution < 1.29 is 4.39 Å². The molecule has 0 fully saturated rings. The lowest BCUT2D eigenvalue weighted by Crippen LogP contribution is -2.28. The highest BCUT2D eigenvalue weighted by molar-refractivity contribution is 4.90. The van der Waals surface area contributed by atoms with Crippen LogP contribution in [0.5, 0.6) is 0 Å². The lowest BCUT2D eigenvalue weighted by atomic mass is 10.1. The first kappa shape index (κ1) is 15.6. The van der Waals surface area contributed by atoms with Crippen LogP contribution in [-0.2, 0) is 0 Å². The largest absolute Gasteiger partial charge is 0.311 e. The van der Waals surface area contributed by atoms with Crippen molar-refractivity contribution in [1.82, 2.24) is 5.32 Å². The van der Waals surface area contributed by atoms with Crippen LogP contribution in [0.4, 0.5) is 4.39 Å². The van der Waals surface area contributed by atoms with Crippen molar-refractivity contribution in [2.45, 2.75) is 71.5 Å². The predicted octanol–water partition coefficient (Wildman–Crippen LogP) is 4.24. The highest BCUT2D eigenvalue weighted by Crippen LogP contribution is 2.04. The smallest absolute Gasteiger partial charge is 0.118 e. The zero-order chi connectivity index (χ0) is 12.2. The fraction of sp³-hybridized carbons (Fsp3) is 0.857.